The highest BCUT2D eigenvalue weighted by atomic mass is 16.3. The number of piperidine rings is 1. The lowest BCUT2D eigenvalue weighted by Crippen LogP contribution is -2.51. The summed E-state index contributed by atoms with van der Waals surface area (Å²) >= 11 is 0. The van der Waals surface area contributed by atoms with Crippen molar-refractivity contribution in [1.82, 2.24) is 10.2 Å². The van der Waals surface area contributed by atoms with Gasteiger partial charge in [-0.2, -0.15) is 5.26 Å². The number of rotatable bonds is 4. The van der Waals surface area contributed by atoms with Crippen LogP contribution in [0.1, 0.15) is 26.2 Å². The summed E-state index contributed by atoms with van der Waals surface area (Å²) < 4.78 is 0. The molecule has 1 rings (SSSR count). The normalized spacial score (nSPS) is 26.1. The molecule has 0 aromatic rings. The SMILES string of the molecule is CC1CCCC(CO)N1CC(=O)NCC#N. The lowest BCUT2D eigenvalue weighted by Gasteiger charge is -2.39. The fourth-order valence-electron chi connectivity index (χ4n) is 2.18. The topological polar surface area (TPSA) is 76.4 Å². The molecule has 0 aliphatic carbocycles. The number of hydrogen-bond donors (Lipinski definition) is 2. The smallest absolute Gasteiger partial charge is 0.235 e. The molecule has 2 N–H and O–H groups in total. The predicted octanol–water partition coefficient (Wildman–Crippen LogP) is -0.139. The van der Waals surface area contributed by atoms with E-state index in [0.29, 0.717) is 6.04 Å². The molecule has 1 heterocycles. The molecule has 16 heavy (non-hydrogen) atoms. The number of nitriles is 1. The van der Waals surface area contributed by atoms with Crippen molar-refractivity contribution < 1.29 is 9.90 Å². The average Bonchev–Trinajstić information content (AvgIpc) is 2.29. The quantitative estimate of drug-likeness (QED) is 0.653. The van der Waals surface area contributed by atoms with Crippen molar-refractivity contribution in [2.75, 3.05) is 19.7 Å². The largest absolute Gasteiger partial charge is 0.395 e. The van der Waals surface area contributed by atoms with E-state index in [9.17, 15) is 9.90 Å². The molecule has 5 nitrogen and oxygen atoms in total. The minimum atomic E-state index is -0.145. The first kappa shape index (κ1) is 12.9. The van der Waals surface area contributed by atoms with Gasteiger partial charge in [0, 0.05) is 12.1 Å². The molecule has 0 bridgehead atoms. The standard InChI is InChI=1S/C11H19N3O2/c1-9-3-2-4-10(8-15)14(9)7-11(16)13-6-5-12/h9-10,15H,2-4,6-8H2,1H3,(H,13,16). The summed E-state index contributed by atoms with van der Waals surface area (Å²) in [5.41, 5.74) is 0. The third kappa shape index (κ3) is 3.47. The molecule has 1 fully saturated rings. The number of amides is 1. The minimum absolute atomic E-state index is 0.0465. The molecular formula is C11H19N3O2. The van der Waals surface area contributed by atoms with Crippen LogP contribution in [-0.4, -0.2) is 47.7 Å². The number of nitrogens with zero attached hydrogens (tertiary/aromatic N) is 2. The molecule has 2 unspecified atom stereocenters. The molecule has 0 saturated carbocycles. The Hall–Kier alpha value is -1.12. The Morgan fingerprint density at radius 2 is 2.38 bits per heavy atom. The molecule has 0 aromatic heterocycles. The number of nitrogens with one attached hydrogen (secondary N) is 1. The maximum absolute atomic E-state index is 11.5. The van der Waals surface area contributed by atoms with Gasteiger partial charge >= 0.3 is 0 Å². The van der Waals surface area contributed by atoms with Crippen LogP contribution in [0.25, 0.3) is 0 Å². The summed E-state index contributed by atoms with van der Waals surface area (Å²) in [6.45, 7) is 2.48. The number of aliphatic hydroxyl groups is 1. The van der Waals surface area contributed by atoms with E-state index in [1.165, 1.54) is 0 Å². The van der Waals surface area contributed by atoms with Gasteiger partial charge in [0.2, 0.25) is 5.91 Å². The van der Waals surface area contributed by atoms with E-state index in [1.807, 2.05) is 11.0 Å². The third-order valence-electron chi connectivity index (χ3n) is 3.10. The second-order valence-corrected chi connectivity index (χ2v) is 4.22. The van der Waals surface area contributed by atoms with Crippen molar-refractivity contribution >= 4 is 5.91 Å². The van der Waals surface area contributed by atoms with Gasteiger partial charge in [-0.25, -0.2) is 0 Å². The number of likely N-dealkylation sites (tertiary alicyclic amines) is 1. The van der Waals surface area contributed by atoms with E-state index in [1.54, 1.807) is 0 Å². The summed E-state index contributed by atoms with van der Waals surface area (Å²) in [5.74, 6) is -0.145. The van der Waals surface area contributed by atoms with Crippen LogP contribution < -0.4 is 5.32 Å². The Bertz CT molecular complexity index is 275. The third-order valence-corrected chi connectivity index (χ3v) is 3.10. The number of carbonyl (C=O) groups excluding carboxylic acids is 1. The van der Waals surface area contributed by atoms with Gasteiger partial charge in [0.15, 0.2) is 0 Å². The zero-order valence-corrected chi connectivity index (χ0v) is 9.65. The second-order valence-electron chi connectivity index (χ2n) is 4.22. The maximum atomic E-state index is 11.5. The predicted molar refractivity (Wildman–Crippen MR) is 59.5 cm³/mol. The lowest BCUT2D eigenvalue weighted by atomic mass is 9.97. The fraction of sp³-hybridized carbons (Fsp3) is 0.818. The molecule has 1 aliphatic heterocycles. The summed E-state index contributed by atoms with van der Waals surface area (Å²) in [6.07, 6.45) is 3.09. The van der Waals surface area contributed by atoms with Crippen LogP contribution in [0, 0.1) is 11.3 Å². The molecule has 5 heteroatoms. The van der Waals surface area contributed by atoms with Crippen LogP contribution in [0.4, 0.5) is 0 Å². The van der Waals surface area contributed by atoms with E-state index < -0.39 is 0 Å². The Morgan fingerprint density at radius 3 is 3.00 bits per heavy atom. The van der Waals surface area contributed by atoms with Crippen LogP contribution in [0.15, 0.2) is 0 Å². The van der Waals surface area contributed by atoms with Crippen molar-refractivity contribution in [3.8, 4) is 6.07 Å². The van der Waals surface area contributed by atoms with Crippen molar-refractivity contribution in [3.05, 3.63) is 0 Å². The Morgan fingerprint density at radius 1 is 1.62 bits per heavy atom. The average molecular weight is 225 g/mol. The van der Waals surface area contributed by atoms with Gasteiger partial charge in [0.1, 0.15) is 6.54 Å². The zero-order valence-electron chi connectivity index (χ0n) is 9.65. The van der Waals surface area contributed by atoms with Crippen LogP contribution in [0.5, 0.6) is 0 Å². The first-order valence-corrected chi connectivity index (χ1v) is 5.69. The van der Waals surface area contributed by atoms with Gasteiger partial charge in [0.25, 0.3) is 0 Å². The van der Waals surface area contributed by atoms with Crippen molar-refractivity contribution in [1.29, 1.82) is 5.26 Å². The molecule has 0 radical (unpaired) electrons. The van der Waals surface area contributed by atoms with E-state index in [-0.39, 0.29) is 31.6 Å². The monoisotopic (exact) mass is 225 g/mol. The van der Waals surface area contributed by atoms with Gasteiger partial charge in [-0.15, -0.1) is 0 Å². The van der Waals surface area contributed by atoms with E-state index >= 15 is 0 Å². The molecule has 1 aliphatic rings. The highest BCUT2D eigenvalue weighted by Crippen LogP contribution is 2.21. The first-order valence-electron chi connectivity index (χ1n) is 5.69. The number of aliphatic hydroxyl groups excluding tert-OH is 1. The maximum Gasteiger partial charge on any atom is 0.235 e. The Kier molecular flexibility index (Phi) is 5.23. The Balaban J connectivity index is 2.48. The van der Waals surface area contributed by atoms with Gasteiger partial charge in [0.05, 0.1) is 19.2 Å². The van der Waals surface area contributed by atoms with Gasteiger partial charge in [-0.05, 0) is 19.8 Å². The van der Waals surface area contributed by atoms with Crippen molar-refractivity contribution in [2.45, 2.75) is 38.3 Å². The zero-order chi connectivity index (χ0) is 12.0. The molecule has 0 aromatic carbocycles. The van der Waals surface area contributed by atoms with Crippen molar-refractivity contribution in [2.24, 2.45) is 0 Å². The van der Waals surface area contributed by atoms with Gasteiger partial charge in [-0.3, -0.25) is 9.69 Å². The Labute approximate surface area is 96.0 Å². The molecule has 1 saturated heterocycles. The summed E-state index contributed by atoms with van der Waals surface area (Å²) in [5, 5.41) is 20.1. The lowest BCUT2D eigenvalue weighted by molar-refractivity contribution is -0.124. The van der Waals surface area contributed by atoms with E-state index in [4.69, 9.17) is 5.26 Å². The molecular weight excluding hydrogens is 206 g/mol. The molecule has 0 spiro atoms. The van der Waals surface area contributed by atoms with Crippen LogP contribution >= 0.6 is 0 Å². The molecule has 90 valence electrons. The van der Waals surface area contributed by atoms with Crippen molar-refractivity contribution in [3.63, 3.8) is 0 Å². The fourth-order valence-corrected chi connectivity index (χ4v) is 2.18. The first-order chi connectivity index (χ1) is 7.69. The minimum Gasteiger partial charge on any atom is -0.395 e. The van der Waals surface area contributed by atoms with Crippen LogP contribution in [0.2, 0.25) is 0 Å². The number of carbonyl (C=O) groups is 1. The van der Waals surface area contributed by atoms with Gasteiger partial charge in [-0.1, -0.05) is 6.42 Å². The summed E-state index contributed by atoms with van der Waals surface area (Å²) in [6, 6.07) is 2.27. The van der Waals surface area contributed by atoms with E-state index in [0.717, 1.165) is 19.3 Å². The summed E-state index contributed by atoms with van der Waals surface area (Å²) in [7, 11) is 0. The highest BCUT2D eigenvalue weighted by Gasteiger charge is 2.28. The van der Waals surface area contributed by atoms with Gasteiger partial charge < -0.3 is 10.4 Å². The number of hydrogen-bond acceptors (Lipinski definition) is 4. The van der Waals surface area contributed by atoms with Crippen LogP contribution in [0.3, 0.4) is 0 Å². The summed E-state index contributed by atoms with van der Waals surface area (Å²) in [4.78, 5) is 13.5. The molecule has 1 amide bonds. The van der Waals surface area contributed by atoms with E-state index in [2.05, 4.69) is 12.2 Å². The molecule has 2 atom stereocenters. The second kappa shape index (κ2) is 6.46. The van der Waals surface area contributed by atoms with Crippen LogP contribution in [-0.2, 0) is 4.79 Å². The highest BCUT2D eigenvalue weighted by molar-refractivity contribution is 5.78.